The molecule has 1 saturated heterocycles. The highest BCUT2D eigenvalue weighted by Gasteiger charge is 2.26. The van der Waals surface area contributed by atoms with E-state index in [0.29, 0.717) is 0 Å². The van der Waals surface area contributed by atoms with Crippen molar-refractivity contribution >= 4 is 5.69 Å². The van der Waals surface area contributed by atoms with E-state index in [2.05, 4.69) is 85.2 Å². The summed E-state index contributed by atoms with van der Waals surface area (Å²) in [6, 6.07) is 33.5. The normalized spacial score (nSPS) is 17.8. The Bertz CT molecular complexity index is 1610. The molecule has 0 aliphatic carbocycles. The second-order valence-electron chi connectivity index (χ2n) is 12.6. The molecule has 0 saturated carbocycles. The molecule has 0 radical (unpaired) electrons. The van der Waals surface area contributed by atoms with Gasteiger partial charge in [0.2, 0.25) is 0 Å². The number of anilines is 1. The Morgan fingerprint density at radius 3 is 1.35 bits per heavy atom. The SMILES string of the molecule is Nc1ccc(CC2CN(Cc3ccccn3)CCN(Cc3ccccn3)CCN(Cc3ccccn3)CCN2Cc2ccccn2)cc1. The Hall–Kier alpha value is -4.54. The van der Waals surface area contributed by atoms with Crippen molar-refractivity contribution in [2.24, 2.45) is 0 Å². The van der Waals surface area contributed by atoms with Crippen LogP contribution in [0.2, 0.25) is 0 Å². The Morgan fingerprint density at radius 1 is 0.479 bits per heavy atom. The van der Waals surface area contributed by atoms with E-state index in [1.807, 2.05) is 61.2 Å². The minimum absolute atomic E-state index is 0.236. The minimum atomic E-state index is 0.236. The standard InChI is InChI=1S/C39H47N9/c40-34-15-13-33(14-16-34)27-39-32-47(30-37-11-3-7-19-43-37)24-23-45(28-35-9-1-5-17-41-35)21-22-46(29-36-10-2-6-18-42-36)25-26-48(39)31-38-12-4-8-20-44-38/h1-20,39H,21-32,40H2. The number of nitrogens with two attached hydrogens (primary N) is 1. The summed E-state index contributed by atoms with van der Waals surface area (Å²) in [5.74, 6) is 0. The molecule has 2 N–H and O–H groups in total. The molecule has 0 amide bonds. The summed E-state index contributed by atoms with van der Waals surface area (Å²) in [6.45, 7) is 9.63. The lowest BCUT2D eigenvalue weighted by molar-refractivity contribution is 0.0841. The zero-order chi connectivity index (χ0) is 32.8. The molecule has 5 heterocycles. The summed E-state index contributed by atoms with van der Waals surface area (Å²) < 4.78 is 0. The smallest absolute Gasteiger partial charge is 0.0544 e. The topological polar surface area (TPSA) is 90.5 Å². The van der Waals surface area contributed by atoms with E-state index in [9.17, 15) is 0 Å². The van der Waals surface area contributed by atoms with Crippen molar-refractivity contribution in [3.8, 4) is 0 Å². The Kier molecular flexibility index (Phi) is 12.2. The largest absolute Gasteiger partial charge is 0.399 e. The van der Waals surface area contributed by atoms with Gasteiger partial charge < -0.3 is 5.73 Å². The number of hydrogen-bond donors (Lipinski definition) is 1. The van der Waals surface area contributed by atoms with Crippen molar-refractivity contribution in [1.82, 2.24) is 39.5 Å². The van der Waals surface area contributed by atoms with Gasteiger partial charge in [0.25, 0.3) is 0 Å². The lowest BCUT2D eigenvalue weighted by atomic mass is 10.0. The van der Waals surface area contributed by atoms with Crippen LogP contribution in [0.4, 0.5) is 5.69 Å². The first-order valence-electron chi connectivity index (χ1n) is 17.0. The van der Waals surface area contributed by atoms with E-state index in [4.69, 9.17) is 20.7 Å². The van der Waals surface area contributed by atoms with Gasteiger partial charge in [-0.1, -0.05) is 36.4 Å². The van der Waals surface area contributed by atoms with Gasteiger partial charge in [0.05, 0.1) is 22.8 Å². The second-order valence-corrected chi connectivity index (χ2v) is 12.6. The molecule has 1 unspecified atom stereocenters. The number of rotatable bonds is 10. The molecular weight excluding hydrogens is 594 g/mol. The Morgan fingerprint density at radius 2 is 0.896 bits per heavy atom. The van der Waals surface area contributed by atoms with Gasteiger partial charge in [-0.05, 0) is 72.6 Å². The highest BCUT2D eigenvalue weighted by molar-refractivity contribution is 5.39. The van der Waals surface area contributed by atoms with E-state index >= 15 is 0 Å². The zero-order valence-electron chi connectivity index (χ0n) is 27.8. The summed E-state index contributed by atoms with van der Waals surface area (Å²) in [4.78, 5) is 29.2. The van der Waals surface area contributed by atoms with Crippen molar-refractivity contribution in [1.29, 1.82) is 0 Å². The summed E-state index contributed by atoms with van der Waals surface area (Å²) in [7, 11) is 0. The number of nitrogens with zero attached hydrogens (tertiary/aromatic N) is 8. The van der Waals surface area contributed by atoms with Crippen LogP contribution in [0.1, 0.15) is 28.3 Å². The minimum Gasteiger partial charge on any atom is -0.399 e. The van der Waals surface area contributed by atoms with Crippen LogP contribution in [-0.4, -0.2) is 91.4 Å². The molecule has 9 nitrogen and oxygen atoms in total. The van der Waals surface area contributed by atoms with Crippen LogP contribution < -0.4 is 5.73 Å². The molecule has 6 rings (SSSR count). The molecule has 1 fully saturated rings. The highest BCUT2D eigenvalue weighted by Crippen LogP contribution is 2.18. The lowest BCUT2D eigenvalue weighted by Gasteiger charge is -2.39. The van der Waals surface area contributed by atoms with Crippen LogP contribution in [0.25, 0.3) is 0 Å². The van der Waals surface area contributed by atoms with Gasteiger partial charge in [0.15, 0.2) is 0 Å². The fourth-order valence-electron chi connectivity index (χ4n) is 6.40. The van der Waals surface area contributed by atoms with Crippen LogP contribution in [0.3, 0.4) is 0 Å². The van der Waals surface area contributed by atoms with Gasteiger partial charge in [-0.2, -0.15) is 0 Å². The molecule has 1 aromatic carbocycles. The summed E-state index contributed by atoms with van der Waals surface area (Å²) in [5.41, 5.74) is 12.5. The molecule has 248 valence electrons. The van der Waals surface area contributed by atoms with Gasteiger partial charge in [-0.3, -0.25) is 39.5 Å². The second kappa shape index (κ2) is 17.6. The van der Waals surface area contributed by atoms with Gasteiger partial charge >= 0.3 is 0 Å². The van der Waals surface area contributed by atoms with E-state index in [1.54, 1.807) is 0 Å². The zero-order valence-corrected chi connectivity index (χ0v) is 27.8. The van der Waals surface area contributed by atoms with Gasteiger partial charge in [-0.15, -0.1) is 0 Å². The van der Waals surface area contributed by atoms with Crippen LogP contribution in [0.5, 0.6) is 0 Å². The maximum absolute atomic E-state index is 6.11. The fraction of sp³-hybridized carbons (Fsp3) is 0.333. The predicted octanol–water partition coefficient (Wildman–Crippen LogP) is 4.78. The van der Waals surface area contributed by atoms with Gasteiger partial charge in [-0.25, -0.2) is 0 Å². The molecule has 4 aromatic heterocycles. The van der Waals surface area contributed by atoms with Crippen molar-refractivity contribution in [2.45, 2.75) is 38.6 Å². The molecule has 1 aliphatic rings. The van der Waals surface area contributed by atoms with Crippen LogP contribution in [0, 0.1) is 0 Å². The van der Waals surface area contributed by atoms with E-state index in [-0.39, 0.29) is 6.04 Å². The fourth-order valence-corrected chi connectivity index (χ4v) is 6.40. The number of nitrogen functional groups attached to an aromatic ring is 1. The van der Waals surface area contributed by atoms with Crippen molar-refractivity contribution < 1.29 is 0 Å². The van der Waals surface area contributed by atoms with Crippen molar-refractivity contribution in [3.05, 3.63) is 150 Å². The lowest BCUT2D eigenvalue weighted by Crippen LogP contribution is -2.50. The first kappa shape index (κ1) is 33.4. The van der Waals surface area contributed by atoms with E-state index in [0.717, 1.165) is 107 Å². The molecule has 9 heteroatoms. The van der Waals surface area contributed by atoms with E-state index in [1.165, 1.54) is 5.56 Å². The third kappa shape index (κ3) is 10.5. The number of aromatic nitrogens is 4. The maximum Gasteiger partial charge on any atom is 0.0544 e. The average molecular weight is 642 g/mol. The quantitative estimate of drug-likeness (QED) is 0.217. The first-order chi connectivity index (χ1) is 23.7. The Balaban J connectivity index is 1.33. The van der Waals surface area contributed by atoms with Gasteiger partial charge in [0, 0.05) is 109 Å². The third-order valence-corrected chi connectivity index (χ3v) is 9.03. The Labute approximate surface area is 285 Å². The summed E-state index contributed by atoms with van der Waals surface area (Å²) in [6.07, 6.45) is 8.49. The molecule has 5 aromatic rings. The van der Waals surface area contributed by atoms with Crippen molar-refractivity contribution in [3.63, 3.8) is 0 Å². The predicted molar refractivity (Wildman–Crippen MR) is 192 cm³/mol. The summed E-state index contributed by atoms with van der Waals surface area (Å²) >= 11 is 0. The number of hydrogen-bond acceptors (Lipinski definition) is 9. The maximum atomic E-state index is 6.11. The van der Waals surface area contributed by atoms with Gasteiger partial charge in [0.1, 0.15) is 0 Å². The number of benzene rings is 1. The molecule has 1 atom stereocenters. The molecule has 0 bridgehead atoms. The highest BCUT2D eigenvalue weighted by atomic mass is 15.3. The van der Waals surface area contributed by atoms with Crippen LogP contribution in [0.15, 0.2) is 122 Å². The number of pyridine rings is 4. The summed E-state index contributed by atoms with van der Waals surface area (Å²) in [5, 5.41) is 0. The third-order valence-electron chi connectivity index (χ3n) is 9.03. The van der Waals surface area contributed by atoms with Crippen LogP contribution >= 0.6 is 0 Å². The van der Waals surface area contributed by atoms with Crippen molar-refractivity contribution in [2.75, 3.05) is 51.5 Å². The average Bonchev–Trinajstić information content (AvgIpc) is 3.12. The monoisotopic (exact) mass is 641 g/mol. The molecule has 48 heavy (non-hydrogen) atoms. The first-order valence-corrected chi connectivity index (χ1v) is 17.0. The van der Waals surface area contributed by atoms with Crippen LogP contribution in [-0.2, 0) is 32.6 Å². The molecular formula is C39H47N9. The molecule has 1 aliphatic heterocycles. The molecule has 0 spiro atoms. The van der Waals surface area contributed by atoms with E-state index < -0.39 is 0 Å².